The van der Waals surface area contributed by atoms with Gasteiger partial charge in [0.1, 0.15) is 18.7 Å². The summed E-state index contributed by atoms with van der Waals surface area (Å²) in [5.74, 6) is -4.56. The summed E-state index contributed by atoms with van der Waals surface area (Å²) >= 11 is 0. The molecule has 13 nitrogen and oxygen atoms in total. The van der Waals surface area contributed by atoms with E-state index >= 15 is 0 Å². The zero-order valence-electron chi connectivity index (χ0n) is 27.2. The Balaban J connectivity index is 2.02. The van der Waals surface area contributed by atoms with Gasteiger partial charge >= 0.3 is 6.09 Å². The maximum atomic E-state index is 13.4. The number of ether oxygens (including phenoxy) is 1. The number of nitrogens with one attached hydrogen (secondary N) is 4. The van der Waals surface area contributed by atoms with E-state index in [1.807, 2.05) is 26.0 Å². The largest absolute Gasteiger partial charge is 0.445 e. The summed E-state index contributed by atoms with van der Waals surface area (Å²) in [6.07, 6.45) is 0.533. The van der Waals surface area contributed by atoms with Crippen LogP contribution in [-0.2, 0) is 41.7 Å². The molecule has 0 aliphatic rings. The van der Waals surface area contributed by atoms with Crippen LogP contribution in [0.15, 0.2) is 54.6 Å². The number of alkyl carbamates (subject to hydrolysis) is 1. The molecule has 5 amide bonds. The summed E-state index contributed by atoms with van der Waals surface area (Å²) in [6, 6.07) is 14.0. The fourth-order valence-corrected chi connectivity index (χ4v) is 4.44. The van der Waals surface area contributed by atoms with Crippen molar-refractivity contribution in [3.8, 4) is 6.07 Å². The predicted molar refractivity (Wildman–Crippen MR) is 173 cm³/mol. The highest BCUT2D eigenvalue weighted by Gasteiger charge is 2.33. The number of nitrogens with zero attached hydrogens (tertiary/aromatic N) is 1. The van der Waals surface area contributed by atoms with E-state index in [9.17, 15) is 28.8 Å². The fraction of sp³-hybridized carbons (Fsp3) is 0.441. The molecule has 1 unspecified atom stereocenters. The van der Waals surface area contributed by atoms with Gasteiger partial charge in [0, 0.05) is 6.42 Å². The molecule has 0 radical (unpaired) electrons. The first kappa shape index (κ1) is 37.9. The first-order valence-electron chi connectivity index (χ1n) is 15.5. The number of amides is 5. The molecule has 0 saturated heterocycles. The van der Waals surface area contributed by atoms with E-state index in [2.05, 4.69) is 21.3 Å². The van der Waals surface area contributed by atoms with Crippen molar-refractivity contribution in [3.63, 3.8) is 0 Å². The van der Waals surface area contributed by atoms with E-state index in [0.717, 1.165) is 5.56 Å². The van der Waals surface area contributed by atoms with Crippen molar-refractivity contribution in [1.29, 1.82) is 5.26 Å². The van der Waals surface area contributed by atoms with Gasteiger partial charge < -0.3 is 31.7 Å². The number of primary amides is 1. The van der Waals surface area contributed by atoms with Crippen LogP contribution in [0.1, 0.15) is 63.6 Å². The van der Waals surface area contributed by atoms with Crippen LogP contribution in [0.4, 0.5) is 4.79 Å². The molecule has 0 aromatic heterocycles. The van der Waals surface area contributed by atoms with E-state index in [4.69, 9.17) is 15.7 Å². The summed E-state index contributed by atoms with van der Waals surface area (Å²) in [5, 5.41) is 18.8. The average Bonchev–Trinajstić information content (AvgIpc) is 3.06. The Morgan fingerprint density at radius 2 is 1.51 bits per heavy atom. The van der Waals surface area contributed by atoms with Gasteiger partial charge in [-0.3, -0.25) is 24.0 Å². The van der Waals surface area contributed by atoms with Crippen LogP contribution in [0.2, 0.25) is 0 Å². The molecule has 4 atom stereocenters. The number of nitriles is 1. The number of carbonyl (C=O) groups is 6. The lowest BCUT2D eigenvalue weighted by Gasteiger charge is -2.26. The molecular formula is C34H44N6O7. The Bertz CT molecular complexity index is 1420. The number of ketones is 1. The SMILES string of the molecule is CC[C@H](C)C(NC(=O)[C@H](CCC(C)C)NC(=O)OCc1ccccc1)C(=O)C(=O)NCC(=O)N[C@@H](Cc1ccc(C#N)cc1)C(N)=O. The van der Waals surface area contributed by atoms with Gasteiger partial charge in [0.15, 0.2) is 0 Å². The second-order valence-electron chi connectivity index (χ2n) is 11.7. The van der Waals surface area contributed by atoms with Gasteiger partial charge in [-0.15, -0.1) is 0 Å². The van der Waals surface area contributed by atoms with E-state index in [-0.39, 0.29) is 25.4 Å². The lowest BCUT2D eigenvalue weighted by molar-refractivity contribution is -0.141. The van der Waals surface area contributed by atoms with E-state index in [0.29, 0.717) is 24.0 Å². The van der Waals surface area contributed by atoms with Crippen LogP contribution in [0.5, 0.6) is 0 Å². The van der Waals surface area contributed by atoms with Crippen molar-refractivity contribution >= 4 is 35.5 Å². The van der Waals surface area contributed by atoms with Crippen molar-refractivity contribution in [1.82, 2.24) is 21.3 Å². The van der Waals surface area contributed by atoms with Crippen LogP contribution in [-0.4, -0.2) is 60.2 Å². The molecule has 0 bridgehead atoms. The molecule has 0 saturated carbocycles. The summed E-state index contributed by atoms with van der Waals surface area (Å²) < 4.78 is 5.27. The zero-order valence-corrected chi connectivity index (χ0v) is 27.2. The smallest absolute Gasteiger partial charge is 0.408 e. The standard InChI is InChI=1S/C34H44N6O7/c1-5-22(4)29(40-32(44)26(16-11-21(2)3)39-34(46)47-20-25-9-7-6-8-10-25)30(42)33(45)37-19-28(41)38-27(31(36)43)17-23-12-14-24(18-35)15-13-23/h6-10,12-15,21-22,26-27,29H,5,11,16-17,19-20H2,1-4H3,(H2,36,43)(H,37,45)(H,38,41)(H,39,46)(H,40,44)/t22-,26-,27-,29?/m0/s1. The van der Waals surface area contributed by atoms with E-state index in [1.54, 1.807) is 62.4 Å². The van der Waals surface area contributed by atoms with Crippen molar-refractivity contribution in [2.24, 2.45) is 17.6 Å². The van der Waals surface area contributed by atoms with Crippen molar-refractivity contribution < 1.29 is 33.5 Å². The van der Waals surface area contributed by atoms with Crippen molar-refractivity contribution in [3.05, 3.63) is 71.3 Å². The minimum absolute atomic E-state index is 0.00253. The summed E-state index contributed by atoms with van der Waals surface area (Å²) in [7, 11) is 0. The Morgan fingerprint density at radius 3 is 2.09 bits per heavy atom. The number of hydrogen-bond donors (Lipinski definition) is 5. The molecule has 0 fully saturated rings. The number of Topliss-reactive ketones (excluding diaryl/α,β-unsaturated/α-hetero) is 1. The van der Waals surface area contributed by atoms with E-state index in [1.165, 1.54) is 0 Å². The molecule has 0 aliphatic carbocycles. The van der Waals surface area contributed by atoms with Gasteiger partial charge in [-0.1, -0.05) is 76.6 Å². The highest BCUT2D eigenvalue weighted by atomic mass is 16.5. The number of carbonyl (C=O) groups excluding carboxylic acids is 6. The lowest BCUT2D eigenvalue weighted by atomic mass is 9.94. The van der Waals surface area contributed by atoms with Gasteiger partial charge in [0.05, 0.1) is 24.2 Å². The molecule has 47 heavy (non-hydrogen) atoms. The van der Waals surface area contributed by atoms with Gasteiger partial charge in [0.2, 0.25) is 23.5 Å². The molecule has 252 valence electrons. The molecular weight excluding hydrogens is 604 g/mol. The van der Waals surface area contributed by atoms with Gasteiger partial charge in [-0.25, -0.2) is 4.79 Å². The highest BCUT2D eigenvalue weighted by molar-refractivity contribution is 6.38. The number of nitrogens with two attached hydrogens (primary N) is 1. The van der Waals surface area contributed by atoms with Gasteiger partial charge in [-0.05, 0) is 47.9 Å². The maximum Gasteiger partial charge on any atom is 0.408 e. The summed E-state index contributed by atoms with van der Waals surface area (Å²) in [5.41, 5.74) is 7.28. The first-order chi connectivity index (χ1) is 22.3. The fourth-order valence-electron chi connectivity index (χ4n) is 4.44. The van der Waals surface area contributed by atoms with Crippen LogP contribution in [0.25, 0.3) is 0 Å². The zero-order chi connectivity index (χ0) is 34.9. The molecule has 0 heterocycles. The second kappa shape index (κ2) is 19.3. The van der Waals surface area contributed by atoms with Crippen molar-refractivity contribution in [2.75, 3.05) is 6.54 Å². The van der Waals surface area contributed by atoms with Crippen LogP contribution in [0.3, 0.4) is 0 Å². The normalized spacial score (nSPS) is 13.2. The van der Waals surface area contributed by atoms with E-state index < -0.39 is 66.1 Å². The van der Waals surface area contributed by atoms with Crippen LogP contribution in [0, 0.1) is 23.2 Å². The van der Waals surface area contributed by atoms with Gasteiger partial charge in [-0.2, -0.15) is 5.26 Å². The molecule has 2 aromatic carbocycles. The Labute approximate surface area is 275 Å². The third kappa shape index (κ3) is 13.3. The molecule has 2 aromatic rings. The maximum absolute atomic E-state index is 13.4. The topological polar surface area (TPSA) is 210 Å². The van der Waals surface area contributed by atoms with Crippen LogP contribution < -0.4 is 27.0 Å². The second-order valence-corrected chi connectivity index (χ2v) is 11.7. The molecule has 6 N–H and O–H groups in total. The van der Waals surface area contributed by atoms with Gasteiger partial charge in [0.25, 0.3) is 5.91 Å². The quantitative estimate of drug-likeness (QED) is 0.151. The monoisotopic (exact) mass is 648 g/mol. The average molecular weight is 649 g/mol. The predicted octanol–water partition coefficient (Wildman–Crippen LogP) is 2.02. The lowest BCUT2D eigenvalue weighted by Crippen LogP contribution is -2.56. The third-order valence-electron chi connectivity index (χ3n) is 7.48. The minimum Gasteiger partial charge on any atom is -0.445 e. The van der Waals surface area contributed by atoms with Crippen molar-refractivity contribution in [2.45, 2.75) is 78.1 Å². The molecule has 0 spiro atoms. The Morgan fingerprint density at radius 1 is 0.851 bits per heavy atom. The molecule has 0 aliphatic heterocycles. The number of hydrogen-bond acceptors (Lipinski definition) is 8. The Kier molecular flexibility index (Phi) is 15.6. The molecule has 2 rings (SSSR count). The summed E-state index contributed by atoms with van der Waals surface area (Å²) in [6.45, 7) is 6.78. The minimum atomic E-state index is -1.24. The number of benzene rings is 2. The van der Waals surface area contributed by atoms with Crippen LogP contribution >= 0.6 is 0 Å². The first-order valence-corrected chi connectivity index (χ1v) is 15.5. The Hall–Kier alpha value is -5.25. The molecule has 13 heteroatoms. The highest BCUT2D eigenvalue weighted by Crippen LogP contribution is 2.13. The number of rotatable bonds is 18. The third-order valence-corrected chi connectivity index (χ3v) is 7.48. The summed E-state index contributed by atoms with van der Waals surface area (Å²) in [4.78, 5) is 76.5.